The Hall–Kier alpha value is -0.640. The summed E-state index contributed by atoms with van der Waals surface area (Å²) < 4.78 is 0.586. The molecule has 106 valence electrons. The molecule has 1 aromatic heterocycles. The van der Waals surface area contributed by atoms with Gasteiger partial charge >= 0.3 is 0 Å². The van der Waals surface area contributed by atoms with Crippen LogP contribution in [-0.2, 0) is 0 Å². The smallest absolute Gasteiger partial charge is 0.265 e. The van der Waals surface area contributed by atoms with Gasteiger partial charge in [-0.05, 0) is 52.9 Å². The van der Waals surface area contributed by atoms with E-state index in [0.29, 0.717) is 15.8 Å². The van der Waals surface area contributed by atoms with E-state index < -0.39 is 0 Å². The van der Waals surface area contributed by atoms with Crippen LogP contribution in [0.3, 0.4) is 0 Å². The van der Waals surface area contributed by atoms with Gasteiger partial charge in [0.1, 0.15) is 10.3 Å². The largest absolute Gasteiger partial charge is 0.309 e. The van der Waals surface area contributed by atoms with E-state index in [1.165, 1.54) is 12.8 Å². The molecule has 1 N–H and O–H groups in total. The summed E-state index contributed by atoms with van der Waals surface area (Å²) in [7, 11) is 0. The van der Waals surface area contributed by atoms with Crippen LogP contribution >= 0.6 is 15.9 Å². The van der Waals surface area contributed by atoms with Crippen molar-refractivity contribution < 1.29 is 0 Å². The summed E-state index contributed by atoms with van der Waals surface area (Å²) in [6.07, 6.45) is 4.65. The van der Waals surface area contributed by atoms with Gasteiger partial charge in [0, 0.05) is 5.92 Å². The van der Waals surface area contributed by atoms with Crippen molar-refractivity contribution in [2.24, 2.45) is 5.41 Å². The van der Waals surface area contributed by atoms with Crippen molar-refractivity contribution in [2.45, 2.75) is 65.2 Å². The van der Waals surface area contributed by atoms with Gasteiger partial charge in [-0.3, -0.25) is 4.79 Å². The summed E-state index contributed by atoms with van der Waals surface area (Å²) >= 11 is 3.35. The van der Waals surface area contributed by atoms with Gasteiger partial charge in [0.15, 0.2) is 0 Å². The van der Waals surface area contributed by atoms with Crippen molar-refractivity contribution in [3.63, 3.8) is 0 Å². The Balaban J connectivity index is 2.29. The van der Waals surface area contributed by atoms with Gasteiger partial charge in [-0.1, -0.05) is 27.7 Å². The number of nitrogens with one attached hydrogen (secondary N) is 1. The summed E-state index contributed by atoms with van der Waals surface area (Å²) in [4.78, 5) is 19.6. The fraction of sp³-hybridized carbons (Fsp3) is 0.733. The van der Waals surface area contributed by atoms with Gasteiger partial charge in [-0.2, -0.15) is 0 Å². The second kappa shape index (κ2) is 5.39. The normalized spacial score (nSPS) is 19.9. The third kappa shape index (κ3) is 3.28. The fourth-order valence-corrected chi connectivity index (χ4v) is 3.39. The number of hydrogen-bond acceptors (Lipinski definition) is 2. The van der Waals surface area contributed by atoms with E-state index in [1.807, 2.05) is 0 Å². The van der Waals surface area contributed by atoms with Gasteiger partial charge in [0.05, 0.1) is 5.69 Å². The van der Waals surface area contributed by atoms with Crippen LogP contribution in [0.2, 0.25) is 0 Å². The fourth-order valence-electron chi connectivity index (χ4n) is 2.74. The number of aromatic amines is 1. The Bertz CT molecular complexity index is 509. The molecule has 0 bridgehead atoms. The highest BCUT2D eigenvalue weighted by molar-refractivity contribution is 9.10. The molecule has 0 aromatic carbocycles. The van der Waals surface area contributed by atoms with Crippen LogP contribution in [0, 0.1) is 5.41 Å². The molecule has 4 heteroatoms. The lowest BCUT2D eigenvalue weighted by molar-refractivity contribution is 0.220. The third-order valence-corrected chi connectivity index (χ3v) is 4.95. The lowest BCUT2D eigenvalue weighted by Crippen LogP contribution is -2.24. The highest BCUT2D eigenvalue weighted by atomic mass is 79.9. The first-order valence-electron chi connectivity index (χ1n) is 7.10. The number of aromatic nitrogens is 2. The molecule has 0 amide bonds. The minimum Gasteiger partial charge on any atom is -0.309 e. The van der Waals surface area contributed by atoms with Crippen LogP contribution in [0.1, 0.15) is 76.7 Å². The predicted molar refractivity (Wildman–Crippen MR) is 81.6 cm³/mol. The zero-order valence-corrected chi connectivity index (χ0v) is 13.8. The van der Waals surface area contributed by atoms with E-state index in [0.717, 1.165) is 24.4 Å². The standard InChI is InChI=1S/C15H23BrN2O/c1-9(2)12-11(16)14(19)18-13(17-12)10-5-7-15(3,4)8-6-10/h9-10H,5-8H2,1-4H3,(H,17,18,19). The van der Waals surface area contributed by atoms with Gasteiger partial charge < -0.3 is 4.98 Å². The molecule has 1 aliphatic carbocycles. The maximum absolute atomic E-state index is 12.0. The van der Waals surface area contributed by atoms with Crippen LogP contribution in [0.15, 0.2) is 9.27 Å². The average Bonchev–Trinajstić information content (AvgIpc) is 2.32. The van der Waals surface area contributed by atoms with Crippen molar-refractivity contribution in [1.82, 2.24) is 9.97 Å². The molecule has 19 heavy (non-hydrogen) atoms. The van der Waals surface area contributed by atoms with Gasteiger partial charge in [0.2, 0.25) is 0 Å². The average molecular weight is 327 g/mol. The van der Waals surface area contributed by atoms with Crippen LogP contribution < -0.4 is 5.56 Å². The maximum atomic E-state index is 12.0. The molecule has 0 aliphatic heterocycles. The molecule has 1 aromatic rings. The summed E-state index contributed by atoms with van der Waals surface area (Å²) in [5.74, 6) is 1.55. The predicted octanol–water partition coefficient (Wildman–Crippen LogP) is 4.34. The summed E-state index contributed by atoms with van der Waals surface area (Å²) in [5.41, 5.74) is 1.27. The van der Waals surface area contributed by atoms with Crippen molar-refractivity contribution >= 4 is 15.9 Å². The Kier molecular flexibility index (Phi) is 4.19. The molecule has 1 aliphatic rings. The molecule has 0 atom stereocenters. The number of H-pyrrole nitrogens is 1. The lowest BCUT2D eigenvalue weighted by Gasteiger charge is -2.33. The van der Waals surface area contributed by atoms with Crippen LogP contribution in [0.4, 0.5) is 0 Å². The van der Waals surface area contributed by atoms with E-state index in [2.05, 4.69) is 48.6 Å². The zero-order chi connectivity index (χ0) is 14.2. The van der Waals surface area contributed by atoms with E-state index in [9.17, 15) is 4.79 Å². The molecule has 3 nitrogen and oxygen atoms in total. The molecule has 0 spiro atoms. The molecule has 0 saturated heterocycles. The minimum absolute atomic E-state index is 0.0430. The first-order chi connectivity index (χ1) is 8.80. The highest BCUT2D eigenvalue weighted by Gasteiger charge is 2.29. The number of hydrogen-bond donors (Lipinski definition) is 1. The van der Waals surface area contributed by atoms with Crippen molar-refractivity contribution in [3.05, 3.63) is 26.3 Å². The van der Waals surface area contributed by atoms with E-state index in [1.54, 1.807) is 0 Å². The monoisotopic (exact) mass is 326 g/mol. The van der Waals surface area contributed by atoms with Crippen LogP contribution in [0.5, 0.6) is 0 Å². The van der Waals surface area contributed by atoms with Crippen LogP contribution in [0.25, 0.3) is 0 Å². The molecule has 0 unspecified atom stereocenters. The SMILES string of the molecule is CC(C)c1nc(C2CCC(C)(C)CC2)[nH]c(=O)c1Br. The molecule has 2 rings (SSSR count). The van der Waals surface area contributed by atoms with Crippen molar-refractivity contribution in [1.29, 1.82) is 0 Å². The molecule has 1 heterocycles. The van der Waals surface area contributed by atoms with Crippen molar-refractivity contribution in [2.75, 3.05) is 0 Å². The summed E-state index contributed by atoms with van der Waals surface area (Å²) in [6.45, 7) is 8.78. The first kappa shape index (κ1) is 14.8. The molecular formula is C15H23BrN2O. The number of rotatable bonds is 2. The zero-order valence-electron chi connectivity index (χ0n) is 12.2. The second-order valence-electron chi connectivity index (χ2n) is 6.74. The Labute approximate surface area is 123 Å². The maximum Gasteiger partial charge on any atom is 0.265 e. The Morgan fingerprint density at radius 2 is 1.89 bits per heavy atom. The van der Waals surface area contributed by atoms with Crippen molar-refractivity contribution in [3.8, 4) is 0 Å². The lowest BCUT2D eigenvalue weighted by atomic mass is 9.73. The van der Waals surface area contributed by atoms with Crippen LogP contribution in [-0.4, -0.2) is 9.97 Å². The molecular weight excluding hydrogens is 304 g/mol. The summed E-state index contributed by atoms with van der Waals surface area (Å²) in [6, 6.07) is 0. The van der Waals surface area contributed by atoms with E-state index in [4.69, 9.17) is 4.98 Å². The number of nitrogens with zero attached hydrogens (tertiary/aromatic N) is 1. The Morgan fingerprint density at radius 1 is 1.32 bits per heavy atom. The van der Waals surface area contributed by atoms with Gasteiger partial charge in [-0.15, -0.1) is 0 Å². The minimum atomic E-state index is -0.0430. The molecule has 1 saturated carbocycles. The summed E-state index contributed by atoms with van der Waals surface area (Å²) in [5, 5.41) is 0. The third-order valence-electron chi connectivity index (χ3n) is 4.18. The topological polar surface area (TPSA) is 45.8 Å². The molecule has 0 radical (unpaired) electrons. The van der Waals surface area contributed by atoms with E-state index >= 15 is 0 Å². The first-order valence-corrected chi connectivity index (χ1v) is 7.89. The van der Waals surface area contributed by atoms with Gasteiger partial charge in [0.25, 0.3) is 5.56 Å². The van der Waals surface area contributed by atoms with E-state index in [-0.39, 0.29) is 11.5 Å². The Morgan fingerprint density at radius 3 is 2.42 bits per heavy atom. The molecule has 1 fully saturated rings. The highest BCUT2D eigenvalue weighted by Crippen LogP contribution is 2.41. The van der Waals surface area contributed by atoms with Gasteiger partial charge in [-0.25, -0.2) is 4.98 Å². The quantitative estimate of drug-likeness (QED) is 0.878. The second-order valence-corrected chi connectivity index (χ2v) is 7.54. The number of halogens is 1.